The van der Waals surface area contributed by atoms with Crippen LogP contribution in [0.1, 0.15) is 41.1 Å². The number of carbonyl (C=O) groups excluding carboxylic acids is 1. The third-order valence-corrected chi connectivity index (χ3v) is 5.54. The molecule has 4 rings (SSSR count). The zero-order chi connectivity index (χ0) is 18.9. The number of aromatic nitrogens is 3. The van der Waals surface area contributed by atoms with E-state index >= 15 is 0 Å². The number of hydrogen-bond acceptors (Lipinski definition) is 3. The second-order valence-corrected chi connectivity index (χ2v) is 7.55. The maximum atomic E-state index is 13.2. The maximum absolute atomic E-state index is 13.2. The predicted molar refractivity (Wildman–Crippen MR) is 104 cm³/mol. The van der Waals surface area contributed by atoms with Crippen LogP contribution in [0.5, 0.6) is 0 Å². The minimum atomic E-state index is -0.332. The maximum Gasteiger partial charge on any atom is 0.228 e. The molecule has 5 nitrogen and oxygen atoms in total. The molecule has 2 heterocycles. The van der Waals surface area contributed by atoms with Gasteiger partial charge in [0.2, 0.25) is 5.91 Å². The van der Waals surface area contributed by atoms with E-state index in [1.165, 1.54) is 11.1 Å². The highest BCUT2D eigenvalue weighted by atomic mass is 16.2. The Labute approximate surface area is 159 Å². The Hall–Kier alpha value is -2.95. The van der Waals surface area contributed by atoms with Gasteiger partial charge < -0.3 is 9.88 Å². The Balaban J connectivity index is 1.61. The Morgan fingerprint density at radius 2 is 2.00 bits per heavy atom. The molecule has 1 unspecified atom stereocenters. The number of hydrogen-bond donors (Lipinski definition) is 1. The lowest BCUT2D eigenvalue weighted by atomic mass is 9.95. The van der Waals surface area contributed by atoms with Gasteiger partial charge in [-0.25, -0.2) is 4.98 Å². The van der Waals surface area contributed by atoms with Gasteiger partial charge in [-0.1, -0.05) is 24.3 Å². The Morgan fingerprint density at radius 1 is 1.15 bits per heavy atom. The Morgan fingerprint density at radius 3 is 2.63 bits per heavy atom. The highest BCUT2D eigenvalue weighted by Crippen LogP contribution is 2.48. The molecule has 0 saturated heterocycles. The summed E-state index contributed by atoms with van der Waals surface area (Å²) in [6.45, 7) is 4.87. The van der Waals surface area contributed by atoms with Gasteiger partial charge in [0.15, 0.2) is 0 Å². The fraction of sp³-hybridized carbons (Fsp3) is 0.318. The molecule has 3 aromatic rings. The van der Waals surface area contributed by atoms with E-state index in [2.05, 4.69) is 47.3 Å². The van der Waals surface area contributed by atoms with Crippen LogP contribution in [0.25, 0.3) is 0 Å². The van der Waals surface area contributed by atoms with Crippen LogP contribution in [0.15, 0.2) is 61.4 Å². The summed E-state index contributed by atoms with van der Waals surface area (Å²) >= 11 is 0. The number of amides is 1. The minimum absolute atomic E-state index is 0.100. The molecular weight excluding hydrogens is 336 g/mol. The van der Waals surface area contributed by atoms with Crippen molar-refractivity contribution < 1.29 is 4.79 Å². The summed E-state index contributed by atoms with van der Waals surface area (Å²) in [7, 11) is 0. The lowest BCUT2D eigenvalue weighted by Crippen LogP contribution is -2.37. The molecule has 1 fully saturated rings. The molecule has 27 heavy (non-hydrogen) atoms. The second kappa shape index (κ2) is 6.99. The van der Waals surface area contributed by atoms with E-state index in [0.717, 1.165) is 24.0 Å². The van der Waals surface area contributed by atoms with Crippen molar-refractivity contribution in [1.29, 1.82) is 0 Å². The number of nitrogens with zero attached hydrogens (tertiary/aromatic N) is 3. The van der Waals surface area contributed by atoms with Gasteiger partial charge in [-0.2, -0.15) is 0 Å². The largest absolute Gasteiger partial charge is 0.345 e. The zero-order valence-corrected chi connectivity index (χ0v) is 15.7. The van der Waals surface area contributed by atoms with Crippen molar-refractivity contribution in [2.45, 2.75) is 39.3 Å². The summed E-state index contributed by atoms with van der Waals surface area (Å²) in [4.78, 5) is 21.5. The van der Waals surface area contributed by atoms with E-state index in [1.54, 1.807) is 18.7 Å². The topological polar surface area (TPSA) is 59.8 Å². The molecule has 1 aromatic carbocycles. The van der Waals surface area contributed by atoms with Crippen LogP contribution < -0.4 is 5.32 Å². The lowest BCUT2D eigenvalue weighted by Gasteiger charge is -2.24. The predicted octanol–water partition coefficient (Wildman–Crippen LogP) is 3.58. The first-order valence-corrected chi connectivity index (χ1v) is 9.31. The normalized spacial score (nSPS) is 15.9. The van der Waals surface area contributed by atoms with Gasteiger partial charge in [-0.05, 0) is 55.0 Å². The van der Waals surface area contributed by atoms with Crippen molar-refractivity contribution in [3.05, 3.63) is 83.7 Å². The number of rotatable bonds is 6. The molecule has 0 radical (unpaired) electrons. The van der Waals surface area contributed by atoms with Gasteiger partial charge >= 0.3 is 0 Å². The van der Waals surface area contributed by atoms with E-state index < -0.39 is 0 Å². The van der Waals surface area contributed by atoms with Gasteiger partial charge in [0.05, 0.1) is 17.8 Å². The summed E-state index contributed by atoms with van der Waals surface area (Å²) in [5.74, 6) is 0.100. The van der Waals surface area contributed by atoms with Crippen LogP contribution in [0.2, 0.25) is 0 Å². The van der Waals surface area contributed by atoms with E-state index in [9.17, 15) is 4.79 Å². The molecule has 0 bridgehead atoms. The smallest absolute Gasteiger partial charge is 0.228 e. The molecule has 1 amide bonds. The van der Waals surface area contributed by atoms with E-state index in [1.807, 2.05) is 29.1 Å². The third kappa shape index (κ3) is 3.63. The van der Waals surface area contributed by atoms with Gasteiger partial charge in [-0.15, -0.1) is 0 Å². The average molecular weight is 360 g/mol. The van der Waals surface area contributed by atoms with Crippen molar-refractivity contribution in [2.75, 3.05) is 0 Å². The second-order valence-electron chi connectivity index (χ2n) is 7.55. The molecule has 0 aliphatic heterocycles. The van der Waals surface area contributed by atoms with Crippen LogP contribution in [-0.2, 0) is 11.3 Å². The first-order chi connectivity index (χ1) is 13.1. The van der Waals surface area contributed by atoms with E-state index in [4.69, 9.17) is 0 Å². The van der Waals surface area contributed by atoms with Gasteiger partial charge in [0.25, 0.3) is 0 Å². The fourth-order valence-electron chi connectivity index (χ4n) is 3.47. The molecule has 1 atom stereocenters. The molecule has 138 valence electrons. The molecule has 1 N–H and O–H groups in total. The Kier molecular flexibility index (Phi) is 4.52. The van der Waals surface area contributed by atoms with E-state index in [-0.39, 0.29) is 17.4 Å². The number of aryl methyl sites for hydroxylation is 2. The van der Waals surface area contributed by atoms with Crippen LogP contribution >= 0.6 is 0 Å². The molecule has 1 aliphatic carbocycles. The fourth-order valence-corrected chi connectivity index (χ4v) is 3.47. The number of imidazole rings is 1. The average Bonchev–Trinajstić information content (AvgIpc) is 3.28. The quantitative estimate of drug-likeness (QED) is 0.731. The first-order valence-electron chi connectivity index (χ1n) is 9.31. The van der Waals surface area contributed by atoms with Crippen molar-refractivity contribution in [1.82, 2.24) is 19.9 Å². The highest BCUT2D eigenvalue weighted by Gasteiger charge is 2.50. The van der Waals surface area contributed by atoms with Gasteiger partial charge in [-0.3, -0.25) is 9.78 Å². The monoisotopic (exact) mass is 360 g/mol. The van der Waals surface area contributed by atoms with Crippen molar-refractivity contribution >= 4 is 5.91 Å². The van der Waals surface area contributed by atoms with Gasteiger partial charge in [0.1, 0.15) is 0 Å². The van der Waals surface area contributed by atoms with Crippen LogP contribution in [0, 0.1) is 19.3 Å². The summed E-state index contributed by atoms with van der Waals surface area (Å²) < 4.78 is 1.99. The van der Waals surface area contributed by atoms with Crippen molar-refractivity contribution in [3.8, 4) is 0 Å². The number of benzene rings is 1. The Bertz CT molecular complexity index is 930. The summed E-state index contributed by atoms with van der Waals surface area (Å²) in [5, 5.41) is 3.30. The highest BCUT2D eigenvalue weighted by molar-refractivity contribution is 5.86. The summed E-state index contributed by atoms with van der Waals surface area (Å²) in [6, 6.07) is 10.1. The summed E-state index contributed by atoms with van der Waals surface area (Å²) in [6.07, 6.45) is 10.8. The van der Waals surface area contributed by atoms with Crippen LogP contribution in [0.4, 0.5) is 0 Å². The molecule has 1 saturated carbocycles. The van der Waals surface area contributed by atoms with Gasteiger partial charge in [0, 0.05) is 31.3 Å². The van der Waals surface area contributed by atoms with Crippen LogP contribution in [-0.4, -0.2) is 20.4 Å². The standard InChI is InChI=1S/C22H24N4O/c1-16-5-6-18(12-17(16)2)20(19-4-3-9-23-13-19)25-21(27)22(7-8-22)14-26-11-10-24-15-26/h3-6,9-13,15,20H,7-8,14H2,1-2H3,(H,25,27). The minimum Gasteiger partial charge on any atom is -0.345 e. The van der Waals surface area contributed by atoms with Crippen molar-refractivity contribution in [3.63, 3.8) is 0 Å². The molecule has 2 aromatic heterocycles. The van der Waals surface area contributed by atoms with E-state index in [0.29, 0.717) is 6.54 Å². The van der Waals surface area contributed by atoms with Crippen LogP contribution in [0.3, 0.4) is 0 Å². The third-order valence-electron chi connectivity index (χ3n) is 5.54. The molecule has 1 aliphatic rings. The number of carbonyl (C=O) groups is 1. The number of nitrogens with one attached hydrogen (secondary N) is 1. The SMILES string of the molecule is Cc1ccc(C(NC(=O)C2(Cn3ccnc3)CC2)c2cccnc2)cc1C. The molecule has 5 heteroatoms. The molecule has 0 spiro atoms. The van der Waals surface area contributed by atoms with Crippen molar-refractivity contribution in [2.24, 2.45) is 5.41 Å². The zero-order valence-electron chi connectivity index (χ0n) is 15.7. The first kappa shape index (κ1) is 17.5. The number of pyridine rings is 1. The molecular formula is C22H24N4O. The summed E-state index contributed by atoms with van der Waals surface area (Å²) in [5.41, 5.74) is 4.20. The lowest BCUT2D eigenvalue weighted by molar-refractivity contribution is -0.127.